The maximum Gasteiger partial charge on any atom is 0.257 e. The number of nitrogens with one attached hydrogen (secondary N) is 1. The van der Waals surface area contributed by atoms with Gasteiger partial charge in [-0.05, 0) is 43.5 Å². The molecule has 1 fully saturated rings. The Kier molecular flexibility index (Phi) is 4.58. The number of likely N-dealkylation sites (tertiary alicyclic amines) is 1. The SMILES string of the molecule is C[C@@H]1C[C@H](Cn2ccc3cc(-c4cn[nH]c4)cnc32)CN1C(=O)c1ccccc1F. The minimum Gasteiger partial charge on any atom is -0.335 e. The number of H-pyrrole nitrogens is 1. The van der Waals surface area contributed by atoms with Gasteiger partial charge >= 0.3 is 0 Å². The summed E-state index contributed by atoms with van der Waals surface area (Å²) in [5.74, 6) is -0.405. The smallest absolute Gasteiger partial charge is 0.257 e. The highest BCUT2D eigenvalue weighted by molar-refractivity contribution is 5.94. The second-order valence-corrected chi connectivity index (χ2v) is 7.98. The largest absolute Gasteiger partial charge is 0.335 e. The third-order valence-corrected chi connectivity index (χ3v) is 5.91. The van der Waals surface area contributed by atoms with Crippen LogP contribution in [-0.4, -0.2) is 43.1 Å². The molecule has 2 atom stereocenters. The molecule has 1 aromatic carbocycles. The van der Waals surface area contributed by atoms with E-state index in [9.17, 15) is 9.18 Å². The lowest BCUT2D eigenvalue weighted by atomic mass is 10.1. The Hall–Kier alpha value is -3.48. The van der Waals surface area contributed by atoms with Crippen molar-refractivity contribution in [3.05, 3.63) is 72.6 Å². The summed E-state index contributed by atoms with van der Waals surface area (Å²) in [5, 5.41) is 7.89. The van der Waals surface area contributed by atoms with Gasteiger partial charge in [0.05, 0.1) is 11.8 Å². The lowest BCUT2D eigenvalue weighted by Gasteiger charge is -2.21. The first-order chi connectivity index (χ1) is 14.6. The van der Waals surface area contributed by atoms with Crippen LogP contribution in [0.3, 0.4) is 0 Å². The van der Waals surface area contributed by atoms with Crippen molar-refractivity contribution in [3.8, 4) is 11.1 Å². The van der Waals surface area contributed by atoms with Crippen LogP contribution in [0.2, 0.25) is 0 Å². The van der Waals surface area contributed by atoms with Gasteiger partial charge < -0.3 is 9.47 Å². The number of carbonyl (C=O) groups excluding carboxylic acids is 1. The van der Waals surface area contributed by atoms with Gasteiger partial charge in [0.15, 0.2) is 0 Å². The molecule has 1 amide bonds. The number of nitrogens with zero attached hydrogens (tertiary/aromatic N) is 4. The average molecular weight is 403 g/mol. The van der Waals surface area contributed by atoms with Crippen LogP contribution in [0.25, 0.3) is 22.2 Å². The summed E-state index contributed by atoms with van der Waals surface area (Å²) in [4.78, 5) is 19.3. The zero-order valence-corrected chi connectivity index (χ0v) is 16.6. The molecule has 0 spiro atoms. The maximum atomic E-state index is 14.1. The zero-order chi connectivity index (χ0) is 20.7. The van der Waals surface area contributed by atoms with Crippen LogP contribution in [0.4, 0.5) is 4.39 Å². The van der Waals surface area contributed by atoms with Gasteiger partial charge in [-0.2, -0.15) is 5.10 Å². The average Bonchev–Trinajstić information content (AvgIpc) is 3.48. The number of hydrogen-bond donors (Lipinski definition) is 1. The molecule has 4 aromatic rings. The summed E-state index contributed by atoms with van der Waals surface area (Å²) in [5.41, 5.74) is 3.09. The molecular weight excluding hydrogens is 381 g/mol. The first-order valence-corrected chi connectivity index (χ1v) is 10.1. The van der Waals surface area contributed by atoms with E-state index in [1.54, 1.807) is 29.3 Å². The number of amides is 1. The Labute approximate surface area is 173 Å². The van der Waals surface area contributed by atoms with Crippen LogP contribution in [0.1, 0.15) is 23.7 Å². The minimum absolute atomic E-state index is 0.0737. The topological polar surface area (TPSA) is 66.8 Å². The number of aromatic nitrogens is 4. The third kappa shape index (κ3) is 3.26. The van der Waals surface area contributed by atoms with Crippen LogP contribution in [0.15, 0.2) is 61.2 Å². The standard InChI is InChI=1S/C23H22FN5O/c1-15-8-16(14-29(15)23(30)20-4-2-3-5-21(20)24)13-28-7-6-17-9-18(10-25-22(17)28)19-11-26-27-12-19/h2-7,9-12,15-16H,8,13-14H2,1H3,(H,26,27)/t15-,16-/m1/s1. The summed E-state index contributed by atoms with van der Waals surface area (Å²) in [6.07, 6.45) is 8.41. The highest BCUT2D eigenvalue weighted by Gasteiger charge is 2.34. The molecule has 1 aliphatic heterocycles. The van der Waals surface area contributed by atoms with Crippen LogP contribution in [-0.2, 0) is 6.54 Å². The van der Waals surface area contributed by atoms with Gasteiger partial charge in [0, 0.05) is 54.2 Å². The number of carbonyl (C=O) groups is 1. The predicted molar refractivity (Wildman–Crippen MR) is 112 cm³/mol. The molecule has 3 aromatic heterocycles. The molecule has 1 aliphatic rings. The Morgan fingerprint density at radius 1 is 1.23 bits per heavy atom. The van der Waals surface area contributed by atoms with Gasteiger partial charge in [-0.25, -0.2) is 9.37 Å². The van der Waals surface area contributed by atoms with Gasteiger partial charge in [0.1, 0.15) is 11.5 Å². The van der Waals surface area contributed by atoms with Crippen molar-refractivity contribution in [2.45, 2.75) is 25.9 Å². The number of hydrogen-bond acceptors (Lipinski definition) is 3. The van der Waals surface area contributed by atoms with E-state index in [1.165, 1.54) is 6.07 Å². The summed E-state index contributed by atoms with van der Waals surface area (Å²) in [6.45, 7) is 3.41. The summed E-state index contributed by atoms with van der Waals surface area (Å²) < 4.78 is 16.2. The number of benzene rings is 1. The van der Waals surface area contributed by atoms with Crippen LogP contribution in [0, 0.1) is 11.7 Å². The quantitative estimate of drug-likeness (QED) is 0.557. The van der Waals surface area contributed by atoms with Crippen molar-refractivity contribution in [1.82, 2.24) is 24.6 Å². The van der Waals surface area contributed by atoms with E-state index in [1.807, 2.05) is 25.5 Å². The Morgan fingerprint density at radius 2 is 2.10 bits per heavy atom. The van der Waals surface area contributed by atoms with Gasteiger partial charge in [-0.1, -0.05) is 12.1 Å². The zero-order valence-electron chi connectivity index (χ0n) is 16.6. The summed E-state index contributed by atoms with van der Waals surface area (Å²) >= 11 is 0. The van der Waals surface area contributed by atoms with E-state index in [0.717, 1.165) is 35.1 Å². The number of aromatic amines is 1. The van der Waals surface area contributed by atoms with E-state index < -0.39 is 5.82 Å². The van der Waals surface area contributed by atoms with Gasteiger partial charge in [0.25, 0.3) is 5.91 Å². The second kappa shape index (κ2) is 7.40. The van der Waals surface area contributed by atoms with Crippen molar-refractivity contribution in [2.75, 3.05) is 6.54 Å². The van der Waals surface area contributed by atoms with Crippen molar-refractivity contribution >= 4 is 16.9 Å². The highest BCUT2D eigenvalue weighted by Crippen LogP contribution is 2.29. The summed E-state index contributed by atoms with van der Waals surface area (Å²) in [6, 6.07) is 10.4. The molecule has 30 heavy (non-hydrogen) atoms. The van der Waals surface area contributed by atoms with Gasteiger partial charge in [-0.3, -0.25) is 9.89 Å². The van der Waals surface area contributed by atoms with Crippen molar-refractivity contribution in [1.29, 1.82) is 0 Å². The molecule has 0 bridgehead atoms. The van der Waals surface area contributed by atoms with Crippen molar-refractivity contribution in [2.24, 2.45) is 5.92 Å². The number of halogens is 1. The maximum absolute atomic E-state index is 14.1. The molecule has 7 heteroatoms. The number of rotatable bonds is 4. The molecule has 152 valence electrons. The molecule has 1 N–H and O–H groups in total. The Balaban J connectivity index is 1.33. The van der Waals surface area contributed by atoms with E-state index >= 15 is 0 Å². The van der Waals surface area contributed by atoms with Crippen LogP contribution >= 0.6 is 0 Å². The molecule has 0 saturated carbocycles. The number of fused-ring (bicyclic) bond motifs is 1. The summed E-state index contributed by atoms with van der Waals surface area (Å²) in [7, 11) is 0. The van der Waals surface area contributed by atoms with Crippen LogP contribution < -0.4 is 0 Å². The van der Waals surface area contributed by atoms with E-state index in [0.29, 0.717) is 12.5 Å². The van der Waals surface area contributed by atoms with Crippen LogP contribution in [0.5, 0.6) is 0 Å². The molecule has 0 radical (unpaired) electrons. The second-order valence-electron chi connectivity index (χ2n) is 7.98. The van der Waals surface area contributed by atoms with E-state index in [4.69, 9.17) is 0 Å². The van der Waals surface area contributed by atoms with Gasteiger partial charge in [0.2, 0.25) is 0 Å². The lowest BCUT2D eigenvalue weighted by molar-refractivity contribution is 0.0737. The van der Waals surface area contributed by atoms with E-state index in [2.05, 4.69) is 31.9 Å². The fourth-order valence-electron chi connectivity index (χ4n) is 4.42. The molecule has 0 aliphatic carbocycles. The van der Waals surface area contributed by atoms with Crippen molar-refractivity contribution < 1.29 is 9.18 Å². The first-order valence-electron chi connectivity index (χ1n) is 10.1. The highest BCUT2D eigenvalue weighted by atomic mass is 19.1. The number of pyridine rings is 1. The fraction of sp³-hybridized carbons (Fsp3) is 0.261. The normalized spacial score (nSPS) is 18.9. The molecule has 0 unspecified atom stereocenters. The van der Waals surface area contributed by atoms with Crippen molar-refractivity contribution in [3.63, 3.8) is 0 Å². The molecular formula is C23H22FN5O. The molecule has 5 rings (SSSR count). The molecule has 1 saturated heterocycles. The Bertz CT molecular complexity index is 1200. The minimum atomic E-state index is -0.466. The molecule has 6 nitrogen and oxygen atoms in total. The fourth-order valence-corrected chi connectivity index (χ4v) is 4.42. The lowest BCUT2D eigenvalue weighted by Crippen LogP contribution is -2.34. The monoisotopic (exact) mass is 403 g/mol. The first kappa shape index (κ1) is 18.5. The Morgan fingerprint density at radius 3 is 2.90 bits per heavy atom. The van der Waals surface area contributed by atoms with Gasteiger partial charge in [-0.15, -0.1) is 0 Å². The predicted octanol–water partition coefficient (Wildman–Crippen LogP) is 4.12. The molecule has 4 heterocycles. The third-order valence-electron chi connectivity index (χ3n) is 5.91. The van der Waals surface area contributed by atoms with E-state index in [-0.39, 0.29) is 17.5 Å².